The van der Waals surface area contributed by atoms with E-state index >= 15 is 0 Å². The molecule has 23 heavy (non-hydrogen) atoms. The van der Waals surface area contributed by atoms with Gasteiger partial charge in [0.05, 0.1) is 0 Å². The fraction of sp³-hybridized carbons (Fsp3) is 0.500. The van der Waals surface area contributed by atoms with E-state index in [-0.39, 0.29) is 24.8 Å². The summed E-state index contributed by atoms with van der Waals surface area (Å²) in [5, 5.41) is 0. The second kappa shape index (κ2) is 11.2. The molecule has 0 saturated heterocycles. The van der Waals surface area contributed by atoms with Gasteiger partial charge >= 0.3 is 139 Å². The maximum Gasteiger partial charge on any atom is -0.147 e. The largest absolute Gasteiger partial charge is 0.147 e. The Morgan fingerprint density at radius 2 is 1.91 bits per heavy atom. The van der Waals surface area contributed by atoms with Crippen molar-refractivity contribution < 1.29 is 25.7 Å². The normalized spacial score (nSPS) is 17.2. The quantitative estimate of drug-likeness (QED) is 0.342. The summed E-state index contributed by atoms with van der Waals surface area (Å²) in [7, 11) is -1.35. The second-order valence-corrected chi connectivity index (χ2v) is 17.7. The predicted molar refractivity (Wildman–Crippen MR) is 107 cm³/mol. The third kappa shape index (κ3) is 7.48. The van der Waals surface area contributed by atoms with Crippen LogP contribution >= 0.6 is 24.8 Å². The fourth-order valence-corrected chi connectivity index (χ4v) is 10.1. The third-order valence-electron chi connectivity index (χ3n) is 3.89. The molecule has 0 saturated carbocycles. The van der Waals surface area contributed by atoms with Crippen LogP contribution in [0.2, 0.25) is 19.6 Å². The van der Waals surface area contributed by atoms with Crippen molar-refractivity contribution in [2.45, 2.75) is 52.2 Å². The summed E-state index contributed by atoms with van der Waals surface area (Å²) in [5.41, 5.74) is 1.63. The molecular formula is C18H30Cl2OSiZr. The molecule has 0 N–H and O–H groups in total. The molecule has 0 aromatic rings. The molecule has 0 aliphatic heterocycles. The Morgan fingerprint density at radius 3 is 2.48 bits per heavy atom. The predicted octanol–water partition coefficient (Wildman–Crippen LogP) is 5.96. The molecule has 130 valence electrons. The Morgan fingerprint density at radius 1 is 1.17 bits per heavy atom. The van der Waals surface area contributed by atoms with Crippen LogP contribution in [0.3, 0.4) is 0 Å². The van der Waals surface area contributed by atoms with Gasteiger partial charge in [-0.2, -0.15) is 0 Å². The Kier molecular flexibility index (Phi) is 11.4. The number of hydrogen-bond acceptors (Lipinski definition) is 1. The maximum atomic E-state index is 5.99. The van der Waals surface area contributed by atoms with Crippen molar-refractivity contribution in [3.63, 3.8) is 0 Å². The summed E-state index contributed by atoms with van der Waals surface area (Å²) in [6.45, 7) is 10.0. The monoisotopic (exact) mass is 450 g/mol. The summed E-state index contributed by atoms with van der Waals surface area (Å²) in [5.74, 6) is 0. The van der Waals surface area contributed by atoms with Crippen LogP contribution < -0.4 is 0 Å². The molecular weight excluding hydrogens is 422 g/mol. The fourth-order valence-electron chi connectivity index (χ4n) is 2.91. The molecule has 0 aromatic heterocycles. The van der Waals surface area contributed by atoms with E-state index in [2.05, 4.69) is 60.7 Å². The Labute approximate surface area is 163 Å². The van der Waals surface area contributed by atoms with Crippen LogP contribution in [0.15, 0.2) is 42.5 Å². The van der Waals surface area contributed by atoms with Crippen molar-refractivity contribution in [2.24, 2.45) is 0 Å². The minimum Gasteiger partial charge on any atom is -0.147 e. The zero-order valence-electron chi connectivity index (χ0n) is 14.7. The number of halogens is 2. The van der Waals surface area contributed by atoms with Gasteiger partial charge in [0.1, 0.15) is 0 Å². The molecule has 0 fully saturated rings. The van der Waals surface area contributed by atoms with E-state index in [0.717, 1.165) is 6.61 Å². The molecule has 1 nitrogen and oxygen atoms in total. The molecule has 0 heterocycles. The molecule has 2 aliphatic carbocycles. The molecule has 5 heteroatoms. The molecule has 0 unspecified atom stereocenters. The van der Waals surface area contributed by atoms with Gasteiger partial charge in [0, 0.05) is 0 Å². The first-order chi connectivity index (χ1) is 10.0. The third-order valence-corrected chi connectivity index (χ3v) is 11.9. The van der Waals surface area contributed by atoms with Crippen molar-refractivity contribution in [2.75, 3.05) is 6.61 Å². The molecule has 0 atom stereocenters. The maximum absolute atomic E-state index is 5.99. The SMILES string of the molecule is C[CH]=[Zr]([C]1=CC=CC1)[C]1=C(CCCO[Si](C)(C)C)C=CC1.Cl.Cl. The topological polar surface area (TPSA) is 9.23 Å². The molecule has 0 radical (unpaired) electrons. The van der Waals surface area contributed by atoms with Gasteiger partial charge in [-0.05, 0) is 0 Å². The van der Waals surface area contributed by atoms with Crippen molar-refractivity contribution in [3.05, 3.63) is 42.5 Å². The Hall–Kier alpha value is 0.470. The summed E-state index contributed by atoms with van der Waals surface area (Å²) in [6, 6.07) is 0. The van der Waals surface area contributed by atoms with E-state index in [9.17, 15) is 0 Å². The average Bonchev–Trinajstić information content (AvgIpc) is 3.07. The molecule has 0 spiro atoms. The van der Waals surface area contributed by atoms with E-state index in [1.54, 1.807) is 8.85 Å². The first-order valence-electron chi connectivity index (χ1n) is 8.06. The van der Waals surface area contributed by atoms with Crippen molar-refractivity contribution in [1.82, 2.24) is 0 Å². The van der Waals surface area contributed by atoms with Crippen LogP contribution in [0.25, 0.3) is 0 Å². The van der Waals surface area contributed by atoms with Gasteiger partial charge in [0.25, 0.3) is 0 Å². The van der Waals surface area contributed by atoms with Gasteiger partial charge in [-0.25, -0.2) is 0 Å². The van der Waals surface area contributed by atoms with E-state index in [1.807, 2.05) is 3.28 Å². The van der Waals surface area contributed by atoms with Gasteiger partial charge in [-0.15, -0.1) is 24.8 Å². The first kappa shape index (κ1) is 23.5. The number of hydrogen-bond donors (Lipinski definition) is 0. The Balaban J connectivity index is 0.00000242. The van der Waals surface area contributed by atoms with E-state index in [0.29, 0.717) is 0 Å². The standard InChI is InChI=1S/C11H19OSi.C5H5.C2H4.2ClH.Zr/c1-13(2,3)12-10-6-9-11-7-4-5-8-11;1-2-4-5-3-1;1-2;;;/h4,7H,5-6,9-10H2,1-3H3;1-3H,4H2;1H,2H3;2*1H;. The Bertz CT molecular complexity index is 540. The molecule has 0 aromatic carbocycles. The zero-order chi connectivity index (χ0) is 15.3. The molecule has 0 bridgehead atoms. The van der Waals surface area contributed by atoms with E-state index < -0.39 is 29.6 Å². The molecule has 2 aliphatic rings. The summed E-state index contributed by atoms with van der Waals surface area (Å²) >= 11 is -1.64. The van der Waals surface area contributed by atoms with E-state index in [4.69, 9.17) is 4.43 Å². The van der Waals surface area contributed by atoms with Crippen LogP contribution in [0, 0.1) is 0 Å². The zero-order valence-corrected chi connectivity index (χ0v) is 19.8. The molecule has 0 amide bonds. The van der Waals surface area contributed by atoms with Crippen molar-refractivity contribution in [3.8, 4) is 0 Å². The smallest absolute Gasteiger partial charge is 0.147 e. The second-order valence-electron chi connectivity index (χ2n) is 6.70. The summed E-state index contributed by atoms with van der Waals surface area (Å²) in [4.78, 5) is 0. The first-order valence-corrected chi connectivity index (χ1v) is 15.3. The average molecular weight is 453 g/mol. The minimum absolute atomic E-state index is 0. The molecule has 2 rings (SSSR count). The van der Waals surface area contributed by atoms with Gasteiger partial charge in [0.15, 0.2) is 0 Å². The van der Waals surface area contributed by atoms with Gasteiger partial charge in [-0.1, -0.05) is 0 Å². The summed E-state index contributed by atoms with van der Waals surface area (Å²) < 4.78 is 12.1. The van der Waals surface area contributed by atoms with E-state index in [1.165, 1.54) is 25.7 Å². The van der Waals surface area contributed by atoms with Gasteiger partial charge in [-0.3, -0.25) is 0 Å². The van der Waals surface area contributed by atoms with Crippen LogP contribution in [-0.4, -0.2) is 18.6 Å². The van der Waals surface area contributed by atoms with Crippen molar-refractivity contribution in [1.29, 1.82) is 0 Å². The van der Waals surface area contributed by atoms with Crippen LogP contribution in [-0.2, 0) is 25.7 Å². The number of allylic oxidation sites excluding steroid dienone is 8. The van der Waals surface area contributed by atoms with Crippen LogP contribution in [0.5, 0.6) is 0 Å². The van der Waals surface area contributed by atoms with Crippen molar-refractivity contribution >= 4 is 36.8 Å². The van der Waals surface area contributed by atoms with Crippen LogP contribution in [0.4, 0.5) is 0 Å². The number of rotatable bonds is 7. The summed E-state index contributed by atoms with van der Waals surface area (Å²) in [6.07, 6.45) is 16.5. The minimum atomic E-state index is -1.64. The van der Waals surface area contributed by atoms with Gasteiger partial charge in [0.2, 0.25) is 0 Å². The van der Waals surface area contributed by atoms with Crippen LogP contribution in [0.1, 0.15) is 32.6 Å². The van der Waals surface area contributed by atoms with Gasteiger partial charge < -0.3 is 0 Å².